The van der Waals surface area contributed by atoms with Crippen molar-refractivity contribution in [3.63, 3.8) is 0 Å². The summed E-state index contributed by atoms with van der Waals surface area (Å²) in [4.78, 5) is 12.0. The van der Waals surface area contributed by atoms with Crippen LogP contribution in [0.15, 0.2) is 42.5 Å². The molecule has 1 amide bonds. The molecular formula is C16H18N2O2. The van der Waals surface area contributed by atoms with E-state index < -0.39 is 0 Å². The van der Waals surface area contributed by atoms with Crippen molar-refractivity contribution in [2.75, 3.05) is 18.2 Å². The zero-order valence-corrected chi connectivity index (χ0v) is 11.6. The van der Waals surface area contributed by atoms with Crippen molar-refractivity contribution in [2.24, 2.45) is 0 Å². The Morgan fingerprint density at radius 2 is 1.90 bits per heavy atom. The first kappa shape index (κ1) is 13.9. The smallest absolute Gasteiger partial charge is 0.228 e. The van der Waals surface area contributed by atoms with Crippen molar-refractivity contribution in [3.05, 3.63) is 53.6 Å². The van der Waals surface area contributed by atoms with Gasteiger partial charge in [-0.05, 0) is 42.3 Å². The fraction of sp³-hybridized carbons (Fsp3) is 0.188. The zero-order chi connectivity index (χ0) is 14.5. The van der Waals surface area contributed by atoms with E-state index in [0.29, 0.717) is 23.5 Å². The van der Waals surface area contributed by atoms with Crippen LogP contribution >= 0.6 is 0 Å². The van der Waals surface area contributed by atoms with Crippen LogP contribution in [0, 0.1) is 6.92 Å². The van der Waals surface area contributed by atoms with Crippen LogP contribution in [0.4, 0.5) is 11.4 Å². The average molecular weight is 270 g/mol. The lowest BCUT2D eigenvalue weighted by Crippen LogP contribution is -2.15. The lowest BCUT2D eigenvalue weighted by atomic mass is 10.1. The Morgan fingerprint density at radius 1 is 1.20 bits per heavy atom. The summed E-state index contributed by atoms with van der Waals surface area (Å²) in [7, 11) is 1.59. The molecule has 3 N–H and O–H groups in total. The van der Waals surface area contributed by atoms with Crippen molar-refractivity contribution in [1.29, 1.82) is 0 Å². The number of nitrogen functional groups attached to an aromatic ring is 1. The molecule has 20 heavy (non-hydrogen) atoms. The number of nitrogens with two attached hydrogens (primary N) is 1. The van der Waals surface area contributed by atoms with Crippen LogP contribution in [-0.4, -0.2) is 13.0 Å². The Balaban J connectivity index is 2.06. The molecule has 0 bridgehead atoms. The molecule has 4 heteroatoms. The Kier molecular flexibility index (Phi) is 4.25. The molecule has 0 unspecified atom stereocenters. The van der Waals surface area contributed by atoms with Gasteiger partial charge in [-0.2, -0.15) is 0 Å². The highest BCUT2D eigenvalue weighted by Gasteiger charge is 2.08. The summed E-state index contributed by atoms with van der Waals surface area (Å²) in [5.74, 6) is 0.576. The fourth-order valence-electron chi connectivity index (χ4n) is 1.92. The highest BCUT2D eigenvalue weighted by molar-refractivity contribution is 5.93. The van der Waals surface area contributed by atoms with E-state index in [1.165, 1.54) is 0 Å². The number of methoxy groups -OCH3 is 1. The third-order valence-corrected chi connectivity index (χ3v) is 2.98. The van der Waals surface area contributed by atoms with Gasteiger partial charge in [-0.1, -0.05) is 18.2 Å². The molecule has 2 rings (SSSR count). The molecule has 0 heterocycles. The maximum Gasteiger partial charge on any atom is 0.228 e. The summed E-state index contributed by atoms with van der Waals surface area (Å²) < 4.78 is 5.26. The lowest BCUT2D eigenvalue weighted by Gasteiger charge is -2.11. The van der Waals surface area contributed by atoms with E-state index >= 15 is 0 Å². The second-order valence-corrected chi connectivity index (χ2v) is 4.67. The summed E-state index contributed by atoms with van der Waals surface area (Å²) in [6.07, 6.45) is 0.303. The van der Waals surface area contributed by atoms with Gasteiger partial charge in [0.25, 0.3) is 0 Å². The number of carbonyl (C=O) groups excluding carboxylic acids is 1. The Hall–Kier alpha value is -2.49. The molecule has 0 aliphatic rings. The molecular weight excluding hydrogens is 252 g/mol. The highest BCUT2D eigenvalue weighted by Crippen LogP contribution is 2.25. The number of anilines is 2. The first-order chi connectivity index (χ1) is 9.58. The number of hydrogen-bond acceptors (Lipinski definition) is 3. The molecule has 0 aliphatic carbocycles. The normalized spacial score (nSPS) is 10.1. The quantitative estimate of drug-likeness (QED) is 0.840. The molecule has 0 atom stereocenters. The molecule has 0 saturated carbocycles. The summed E-state index contributed by atoms with van der Waals surface area (Å²) in [5.41, 5.74) is 8.99. The molecule has 2 aromatic rings. The molecule has 0 aromatic heterocycles. The zero-order valence-electron chi connectivity index (χ0n) is 11.6. The third-order valence-electron chi connectivity index (χ3n) is 2.98. The average Bonchev–Trinajstić information content (AvgIpc) is 2.43. The van der Waals surface area contributed by atoms with Crippen molar-refractivity contribution in [3.8, 4) is 5.75 Å². The molecule has 0 radical (unpaired) electrons. The highest BCUT2D eigenvalue weighted by atomic mass is 16.5. The third kappa shape index (κ3) is 3.51. The summed E-state index contributed by atoms with van der Waals surface area (Å²) in [5, 5.41) is 2.86. The number of aryl methyl sites for hydroxylation is 1. The molecule has 0 spiro atoms. The number of rotatable bonds is 4. The van der Waals surface area contributed by atoms with E-state index in [0.717, 1.165) is 11.1 Å². The summed E-state index contributed by atoms with van der Waals surface area (Å²) in [6, 6.07) is 12.9. The van der Waals surface area contributed by atoms with Crippen LogP contribution in [0.2, 0.25) is 0 Å². The predicted octanol–water partition coefficient (Wildman–Crippen LogP) is 2.77. The standard InChI is InChI=1S/C16H18N2O2/c1-11-3-8-14(15(9-11)20-2)18-16(19)10-12-4-6-13(17)7-5-12/h3-9H,10,17H2,1-2H3,(H,18,19). The first-order valence-electron chi connectivity index (χ1n) is 6.37. The maximum atomic E-state index is 12.0. The Morgan fingerprint density at radius 3 is 2.55 bits per heavy atom. The number of nitrogens with one attached hydrogen (secondary N) is 1. The maximum absolute atomic E-state index is 12.0. The van der Waals surface area contributed by atoms with Crippen molar-refractivity contribution in [1.82, 2.24) is 0 Å². The molecule has 2 aromatic carbocycles. The molecule has 0 aliphatic heterocycles. The van der Waals surface area contributed by atoms with Gasteiger partial charge < -0.3 is 15.8 Å². The van der Waals surface area contributed by atoms with Gasteiger partial charge >= 0.3 is 0 Å². The van der Waals surface area contributed by atoms with E-state index in [1.807, 2.05) is 37.3 Å². The topological polar surface area (TPSA) is 64.3 Å². The van der Waals surface area contributed by atoms with Gasteiger partial charge in [-0.25, -0.2) is 0 Å². The number of ether oxygens (including phenoxy) is 1. The van der Waals surface area contributed by atoms with Gasteiger partial charge in [-0.3, -0.25) is 4.79 Å². The van der Waals surface area contributed by atoms with Crippen LogP contribution in [0.5, 0.6) is 5.75 Å². The minimum atomic E-state index is -0.0862. The second kappa shape index (κ2) is 6.10. The molecule has 104 valence electrons. The van der Waals surface area contributed by atoms with E-state index in [1.54, 1.807) is 19.2 Å². The van der Waals surface area contributed by atoms with E-state index in [-0.39, 0.29) is 5.91 Å². The lowest BCUT2D eigenvalue weighted by molar-refractivity contribution is -0.115. The minimum absolute atomic E-state index is 0.0862. The van der Waals surface area contributed by atoms with Crippen LogP contribution in [0.3, 0.4) is 0 Å². The van der Waals surface area contributed by atoms with E-state index in [2.05, 4.69) is 5.32 Å². The van der Waals surface area contributed by atoms with Gasteiger partial charge in [0.2, 0.25) is 5.91 Å². The molecule has 4 nitrogen and oxygen atoms in total. The van der Waals surface area contributed by atoms with Crippen LogP contribution < -0.4 is 15.8 Å². The number of amides is 1. The van der Waals surface area contributed by atoms with Crippen LogP contribution in [0.25, 0.3) is 0 Å². The van der Waals surface area contributed by atoms with Gasteiger partial charge in [0.05, 0.1) is 19.2 Å². The van der Waals surface area contributed by atoms with Gasteiger partial charge in [-0.15, -0.1) is 0 Å². The van der Waals surface area contributed by atoms with Crippen molar-refractivity contribution >= 4 is 17.3 Å². The SMILES string of the molecule is COc1cc(C)ccc1NC(=O)Cc1ccc(N)cc1. The second-order valence-electron chi connectivity index (χ2n) is 4.67. The van der Waals surface area contributed by atoms with Crippen LogP contribution in [0.1, 0.15) is 11.1 Å². The van der Waals surface area contributed by atoms with Crippen LogP contribution in [-0.2, 0) is 11.2 Å². The monoisotopic (exact) mass is 270 g/mol. The minimum Gasteiger partial charge on any atom is -0.495 e. The summed E-state index contributed by atoms with van der Waals surface area (Å²) >= 11 is 0. The fourth-order valence-corrected chi connectivity index (χ4v) is 1.92. The number of benzene rings is 2. The first-order valence-corrected chi connectivity index (χ1v) is 6.37. The largest absolute Gasteiger partial charge is 0.495 e. The van der Waals surface area contributed by atoms with Crippen molar-refractivity contribution in [2.45, 2.75) is 13.3 Å². The van der Waals surface area contributed by atoms with E-state index in [4.69, 9.17) is 10.5 Å². The molecule has 0 saturated heterocycles. The van der Waals surface area contributed by atoms with Gasteiger partial charge in [0, 0.05) is 5.69 Å². The Bertz CT molecular complexity index is 606. The Labute approximate surface area is 118 Å². The van der Waals surface area contributed by atoms with E-state index in [9.17, 15) is 4.79 Å². The van der Waals surface area contributed by atoms with Crippen molar-refractivity contribution < 1.29 is 9.53 Å². The van der Waals surface area contributed by atoms with Gasteiger partial charge in [0.15, 0.2) is 0 Å². The molecule has 0 fully saturated rings. The summed E-state index contributed by atoms with van der Waals surface area (Å²) in [6.45, 7) is 1.97. The predicted molar refractivity (Wildman–Crippen MR) is 80.9 cm³/mol. The number of carbonyl (C=O) groups is 1. The van der Waals surface area contributed by atoms with Gasteiger partial charge in [0.1, 0.15) is 5.75 Å². The number of hydrogen-bond donors (Lipinski definition) is 2.